The summed E-state index contributed by atoms with van der Waals surface area (Å²) in [5.74, 6) is 1.29. The SMILES string of the molecule is CC(C)CN(CCC(N)=S)c1ncccn1. The van der Waals surface area contributed by atoms with Crippen molar-refractivity contribution < 1.29 is 0 Å². The van der Waals surface area contributed by atoms with E-state index in [-0.39, 0.29) is 0 Å². The highest BCUT2D eigenvalue weighted by molar-refractivity contribution is 7.80. The lowest BCUT2D eigenvalue weighted by Gasteiger charge is -2.24. The molecule has 1 aromatic heterocycles. The van der Waals surface area contributed by atoms with Gasteiger partial charge in [-0.3, -0.25) is 0 Å². The van der Waals surface area contributed by atoms with Gasteiger partial charge in [-0.15, -0.1) is 0 Å². The number of thiocarbonyl (C=S) groups is 1. The second kappa shape index (κ2) is 6.37. The molecule has 4 nitrogen and oxygen atoms in total. The van der Waals surface area contributed by atoms with Gasteiger partial charge < -0.3 is 10.6 Å². The van der Waals surface area contributed by atoms with E-state index in [0.29, 0.717) is 17.3 Å². The Morgan fingerprint density at radius 3 is 2.56 bits per heavy atom. The maximum atomic E-state index is 5.51. The summed E-state index contributed by atoms with van der Waals surface area (Å²) in [6.45, 7) is 6.01. The van der Waals surface area contributed by atoms with E-state index < -0.39 is 0 Å². The number of nitrogens with two attached hydrogens (primary N) is 1. The van der Waals surface area contributed by atoms with Crippen LogP contribution >= 0.6 is 12.2 Å². The fraction of sp³-hybridized carbons (Fsp3) is 0.545. The molecule has 0 aliphatic carbocycles. The third kappa shape index (κ3) is 4.53. The molecule has 0 spiro atoms. The zero-order chi connectivity index (χ0) is 12.0. The standard InChI is InChI=1S/C11H18N4S/c1-9(2)8-15(7-4-10(12)16)11-13-5-3-6-14-11/h3,5-6,9H,4,7-8H2,1-2H3,(H2,12,16). The van der Waals surface area contributed by atoms with Crippen molar-refractivity contribution in [1.82, 2.24) is 9.97 Å². The molecule has 0 radical (unpaired) electrons. The molecule has 0 aliphatic rings. The van der Waals surface area contributed by atoms with E-state index in [4.69, 9.17) is 18.0 Å². The average Bonchev–Trinajstić information content (AvgIpc) is 2.25. The Labute approximate surface area is 102 Å². The molecule has 2 N–H and O–H groups in total. The van der Waals surface area contributed by atoms with Crippen LogP contribution in [-0.2, 0) is 0 Å². The van der Waals surface area contributed by atoms with E-state index in [9.17, 15) is 0 Å². The minimum Gasteiger partial charge on any atom is -0.393 e. The number of nitrogens with zero attached hydrogens (tertiary/aromatic N) is 3. The van der Waals surface area contributed by atoms with Crippen molar-refractivity contribution in [2.24, 2.45) is 11.7 Å². The summed E-state index contributed by atoms with van der Waals surface area (Å²) in [6, 6.07) is 1.81. The molecule has 16 heavy (non-hydrogen) atoms. The monoisotopic (exact) mass is 238 g/mol. The highest BCUT2D eigenvalue weighted by Crippen LogP contribution is 2.09. The lowest BCUT2D eigenvalue weighted by molar-refractivity contribution is 0.604. The third-order valence-corrected chi connectivity index (χ3v) is 2.25. The van der Waals surface area contributed by atoms with Crippen molar-refractivity contribution in [3.05, 3.63) is 18.5 Å². The van der Waals surface area contributed by atoms with Crippen LogP contribution in [0.1, 0.15) is 20.3 Å². The lowest BCUT2D eigenvalue weighted by atomic mass is 10.2. The summed E-state index contributed by atoms with van der Waals surface area (Å²) < 4.78 is 0. The van der Waals surface area contributed by atoms with Crippen molar-refractivity contribution in [3.63, 3.8) is 0 Å². The van der Waals surface area contributed by atoms with Crippen LogP contribution in [0, 0.1) is 5.92 Å². The van der Waals surface area contributed by atoms with Crippen molar-refractivity contribution in [1.29, 1.82) is 0 Å². The summed E-state index contributed by atoms with van der Waals surface area (Å²) >= 11 is 4.89. The average molecular weight is 238 g/mol. The van der Waals surface area contributed by atoms with Gasteiger partial charge in [-0.25, -0.2) is 9.97 Å². The van der Waals surface area contributed by atoms with Crippen molar-refractivity contribution >= 4 is 23.2 Å². The molecule has 0 aliphatic heterocycles. The minimum absolute atomic E-state index is 0.532. The van der Waals surface area contributed by atoms with E-state index in [1.807, 2.05) is 6.07 Å². The second-order valence-corrected chi connectivity index (χ2v) is 4.63. The zero-order valence-corrected chi connectivity index (χ0v) is 10.6. The van der Waals surface area contributed by atoms with E-state index in [1.54, 1.807) is 12.4 Å². The summed E-state index contributed by atoms with van der Waals surface area (Å²) in [5, 5.41) is 0. The van der Waals surface area contributed by atoms with Gasteiger partial charge >= 0.3 is 0 Å². The second-order valence-electron chi connectivity index (χ2n) is 4.10. The fourth-order valence-electron chi connectivity index (χ4n) is 1.41. The molecule has 0 unspecified atom stereocenters. The van der Waals surface area contributed by atoms with Crippen LogP contribution in [0.4, 0.5) is 5.95 Å². The first kappa shape index (κ1) is 12.8. The molecule has 0 aromatic carbocycles. The van der Waals surface area contributed by atoms with Crippen molar-refractivity contribution in [2.45, 2.75) is 20.3 Å². The topological polar surface area (TPSA) is 55.0 Å². The first-order valence-electron chi connectivity index (χ1n) is 5.40. The van der Waals surface area contributed by atoms with Crippen LogP contribution in [0.5, 0.6) is 0 Å². The van der Waals surface area contributed by atoms with Gasteiger partial charge in [0.05, 0.1) is 4.99 Å². The number of aromatic nitrogens is 2. The Hall–Kier alpha value is -1.23. The highest BCUT2D eigenvalue weighted by Gasteiger charge is 2.10. The smallest absolute Gasteiger partial charge is 0.225 e. The molecule has 0 fully saturated rings. The largest absolute Gasteiger partial charge is 0.393 e. The lowest BCUT2D eigenvalue weighted by Crippen LogP contribution is -2.32. The molecule has 0 saturated heterocycles. The summed E-state index contributed by atoms with van der Waals surface area (Å²) in [5.41, 5.74) is 5.51. The maximum absolute atomic E-state index is 5.51. The van der Waals surface area contributed by atoms with Gasteiger partial charge in [0.2, 0.25) is 5.95 Å². The van der Waals surface area contributed by atoms with Crippen molar-refractivity contribution in [3.8, 4) is 0 Å². The Kier molecular flexibility index (Phi) is 5.11. The van der Waals surface area contributed by atoms with Crippen molar-refractivity contribution in [2.75, 3.05) is 18.0 Å². The van der Waals surface area contributed by atoms with Crippen LogP contribution in [0.2, 0.25) is 0 Å². The predicted octanol–water partition coefficient (Wildman–Crippen LogP) is 1.62. The van der Waals surface area contributed by atoms with E-state index in [0.717, 1.165) is 19.0 Å². The molecule has 0 bridgehead atoms. The fourth-order valence-corrected chi connectivity index (χ4v) is 1.50. The first-order chi connectivity index (χ1) is 7.59. The molecule has 0 saturated carbocycles. The Morgan fingerprint density at radius 1 is 1.44 bits per heavy atom. The Bertz CT molecular complexity index is 326. The summed E-state index contributed by atoms with van der Waals surface area (Å²) in [4.78, 5) is 11.1. The van der Waals surface area contributed by atoms with Crippen LogP contribution < -0.4 is 10.6 Å². The zero-order valence-electron chi connectivity index (χ0n) is 9.76. The van der Waals surface area contributed by atoms with E-state index in [1.165, 1.54) is 0 Å². The normalized spacial score (nSPS) is 10.4. The highest BCUT2D eigenvalue weighted by atomic mass is 32.1. The van der Waals surface area contributed by atoms with Gasteiger partial charge in [-0.1, -0.05) is 26.1 Å². The number of hydrogen-bond donors (Lipinski definition) is 1. The Morgan fingerprint density at radius 2 is 2.06 bits per heavy atom. The van der Waals surface area contributed by atoms with Gasteiger partial charge in [-0.2, -0.15) is 0 Å². The van der Waals surface area contributed by atoms with E-state index >= 15 is 0 Å². The summed E-state index contributed by atoms with van der Waals surface area (Å²) in [6.07, 6.45) is 4.19. The van der Waals surface area contributed by atoms with Crippen LogP contribution in [0.3, 0.4) is 0 Å². The molecular formula is C11H18N4S. The maximum Gasteiger partial charge on any atom is 0.225 e. The molecular weight excluding hydrogens is 220 g/mol. The minimum atomic E-state index is 0.532. The molecule has 88 valence electrons. The van der Waals surface area contributed by atoms with Gasteiger partial charge in [0, 0.05) is 31.9 Å². The van der Waals surface area contributed by atoms with Gasteiger partial charge in [0.15, 0.2) is 0 Å². The van der Waals surface area contributed by atoms with E-state index in [2.05, 4.69) is 28.7 Å². The number of anilines is 1. The van der Waals surface area contributed by atoms with Gasteiger partial charge in [-0.05, 0) is 12.0 Å². The number of hydrogen-bond acceptors (Lipinski definition) is 4. The number of rotatable bonds is 6. The molecule has 5 heteroatoms. The molecule has 1 heterocycles. The molecule has 1 rings (SSSR count). The molecule has 0 amide bonds. The Balaban J connectivity index is 2.67. The van der Waals surface area contributed by atoms with Crippen LogP contribution in [0.25, 0.3) is 0 Å². The first-order valence-corrected chi connectivity index (χ1v) is 5.80. The van der Waals surface area contributed by atoms with Gasteiger partial charge in [0.25, 0.3) is 0 Å². The predicted molar refractivity (Wildman–Crippen MR) is 70.5 cm³/mol. The van der Waals surface area contributed by atoms with Crippen LogP contribution in [-0.4, -0.2) is 28.0 Å². The molecule has 1 aromatic rings. The molecule has 0 atom stereocenters. The van der Waals surface area contributed by atoms with Crippen LogP contribution in [0.15, 0.2) is 18.5 Å². The summed E-state index contributed by atoms with van der Waals surface area (Å²) in [7, 11) is 0. The van der Waals surface area contributed by atoms with Gasteiger partial charge in [0.1, 0.15) is 0 Å². The third-order valence-electron chi connectivity index (χ3n) is 2.05. The quantitative estimate of drug-likeness (QED) is 0.763.